The number of benzene rings is 2. The molecule has 0 bridgehead atoms. The summed E-state index contributed by atoms with van der Waals surface area (Å²) in [6.07, 6.45) is 0. The normalized spacial score (nSPS) is 10.8. The van der Waals surface area contributed by atoms with Crippen molar-refractivity contribution < 1.29 is 4.92 Å². The highest BCUT2D eigenvalue weighted by Gasteiger charge is 2.11. The van der Waals surface area contributed by atoms with E-state index < -0.39 is 4.92 Å². The SMILES string of the molecule is Cc1ccc(NCn2c(=S)sc3cc([N+](=O)[O-])ccc32)cc1. The van der Waals surface area contributed by atoms with Crippen molar-refractivity contribution in [3.05, 3.63) is 62.1 Å². The lowest BCUT2D eigenvalue weighted by atomic mass is 10.2. The summed E-state index contributed by atoms with van der Waals surface area (Å²) >= 11 is 6.75. The molecule has 0 saturated carbocycles. The number of nitro groups is 1. The molecule has 0 radical (unpaired) electrons. The Bertz CT molecular complexity index is 897. The van der Waals surface area contributed by atoms with Gasteiger partial charge in [0.05, 0.1) is 21.8 Å². The molecule has 7 heteroatoms. The summed E-state index contributed by atoms with van der Waals surface area (Å²) in [5.74, 6) is 0. The van der Waals surface area contributed by atoms with Crippen LogP contribution in [0.2, 0.25) is 0 Å². The number of hydrogen-bond acceptors (Lipinski definition) is 5. The first-order chi connectivity index (χ1) is 10.5. The van der Waals surface area contributed by atoms with Crippen LogP contribution in [0.5, 0.6) is 0 Å². The summed E-state index contributed by atoms with van der Waals surface area (Å²) in [5.41, 5.74) is 3.20. The zero-order valence-electron chi connectivity index (χ0n) is 11.8. The molecule has 0 saturated heterocycles. The molecule has 112 valence electrons. The lowest BCUT2D eigenvalue weighted by Gasteiger charge is -2.09. The summed E-state index contributed by atoms with van der Waals surface area (Å²) < 4.78 is 3.46. The van der Waals surface area contributed by atoms with E-state index in [-0.39, 0.29) is 5.69 Å². The van der Waals surface area contributed by atoms with Gasteiger partial charge in [-0.15, -0.1) is 11.3 Å². The molecule has 22 heavy (non-hydrogen) atoms. The van der Waals surface area contributed by atoms with Crippen LogP contribution in [0.15, 0.2) is 42.5 Å². The van der Waals surface area contributed by atoms with E-state index in [0.29, 0.717) is 10.6 Å². The maximum atomic E-state index is 10.8. The van der Waals surface area contributed by atoms with Gasteiger partial charge < -0.3 is 9.88 Å². The van der Waals surface area contributed by atoms with Gasteiger partial charge in [-0.2, -0.15) is 0 Å². The molecule has 0 atom stereocenters. The molecule has 1 heterocycles. The Labute approximate surface area is 136 Å². The van der Waals surface area contributed by atoms with Gasteiger partial charge >= 0.3 is 0 Å². The van der Waals surface area contributed by atoms with Crippen LogP contribution < -0.4 is 5.32 Å². The topological polar surface area (TPSA) is 60.1 Å². The molecule has 1 N–H and O–H groups in total. The minimum atomic E-state index is -0.392. The van der Waals surface area contributed by atoms with Gasteiger partial charge in [0.25, 0.3) is 5.69 Å². The maximum Gasteiger partial charge on any atom is 0.270 e. The molecular weight excluding hydrogens is 318 g/mol. The Hall–Kier alpha value is -2.25. The maximum absolute atomic E-state index is 10.8. The van der Waals surface area contributed by atoms with Crippen LogP contribution in [0.1, 0.15) is 5.56 Å². The molecule has 0 spiro atoms. The first-order valence-corrected chi connectivity index (χ1v) is 7.85. The van der Waals surface area contributed by atoms with Crippen LogP contribution in [0.3, 0.4) is 0 Å². The van der Waals surface area contributed by atoms with Crippen LogP contribution in [0, 0.1) is 21.0 Å². The molecule has 3 aromatic rings. The van der Waals surface area contributed by atoms with Gasteiger partial charge in [0, 0.05) is 17.8 Å². The second-order valence-corrected chi connectivity index (χ2v) is 6.58. The van der Waals surface area contributed by atoms with E-state index in [0.717, 1.165) is 15.9 Å². The molecular formula is C15H13N3O2S2. The average molecular weight is 331 g/mol. The van der Waals surface area contributed by atoms with E-state index in [9.17, 15) is 10.1 Å². The lowest BCUT2D eigenvalue weighted by molar-refractivity contribution is -0.384. The van der Waals surface area contributed by atoms with Crippen LogP contribution in [0.25, 0.3) is 10.2 Å². The minimum absolute atomic E-state index is 0.0855. The van der Waals surface area contributed by atoms with Crippen LogP contribution in [-0.4, -0.2) is 9.49 Å². The number of hydrogen-bond donors (Lipinski definition) is 1. The van der Waals surface area contributed by atoms with Crippen LogP contribution >= 0.6 is 23.6 Å². The molecule has 0 aliphatic carbocycles. The smallest absolute Gasteiger partial charge is 0.270 e. The summed E-state index contributed by atoms with van der Waals surface area (Å²) in [4.78, 5) is 10.4. The van der Waals surface area contributed by atoms with Gasteiger partial charge in [-0.25, -0.2) is 0 Å². The summed E-state index contributed by atoms with van der Waals surface area (Å²) in [7, 11) is 0. The fourth-order valence-corrected chi connectivity index (χ4v) is 3.52. The Morgan fingerprint density at radius 1 is 1.27 bits per heavy atom. The Balaban J connectivity index is 1.90. The summed E-state index contributed by atoms with van der Waals surface area (Å²) in [6, 6.07) is 12.9. The third-order valence-electron chi connectivity index (χ3n) is 3.36. The molecule has 0 amide bonds. The number of rotatable bonds is 4. The van der Waals surface area contributed by atoms with Gasteiger partial charge in [0.15, 0.2) is 3.95 Å². The predicted molar refractivity (Wildman–Crippen MR) is 92.1 cm³/mol. The standard InChI is InChI=1S/C15H13N3O2S2/c1-10-2-4-11(5-3-10)16-9-17-13-7-6-12(18(19)20)8-14(13)22-15(17)21/h2-8,16H,9H2,1H3. The highest BCUT2D eigenvalue weighted by molar-refractivity contribution is 7.73. The van der Waals surface area contributed by atoms with Gasteiger partial charge in [0.2, 0.25) is 0 Å². The van der Waals surface area contributed by atoms with E-state index in [1.54, 1.807) is 12.1 Å². The zero-order valence-corrected chi connectivity index (χ0v) is 13.4. The highest BCUT2D eigenvalue weighted by atomic mass is 32.1. The summed E-state index contributed by atoms with van der Waals surface area (Å²) in [5, 5.41) is 14.2. The van der Waals surface area contributed by atoms with Crippen molar-refractivity contribution >= 4 is 45.1 Å². The fourth-order valence-electron chi connectivity index (χ4n) is 2.16. The molecule has 0 fully saturated rings. The monoisotopic (exact) mass is 331 g/mol. The van der Waals surface area contributed by atoms with Gasteiger partial charge in [-0.1, -0.05) is 17.7 Å². The van der Waals surface area contributed by atoms with E-state index in [1.165, 1.54) is 23.0 Å². The number of thiazole rings is 1. The first-order valence-electron chi connectivity index (χ1n) is 6.63. The van der Waals surface area contributed by atoms with E-state index in [1.807, 2.05) is 35.8 Å². The number of aryl methyl sites for hydroxylation is 1. The van der Waals surface area contributed by atoms with E-state index in [2.05, 4.69) is 5.32 Å². The Morgan fingerprint density at radius 2 is 2.00 bits per heavy atom. The molecule has 3 rings (SSSR count). The first kappa shape index (κ1) is 14.7. The molecule has 0 aliphatic heterocycles. The Kier molecular flexibility index (Phi) is 3.91. The van der Waals surface area contributed by atoms with Crippen molar-refractivity contribution in [2.45, 2.75) is 13.6 Å². The average Bonchev–Trinajstić information content (AvgIpc) is 2.81. The number of anilines is 1. The molecule has 0 aliphatic rings. The number of non-ortho nitro benzene ring substituents is 1. The molecule has 1 aromatic heterocycles. The number of nitrogens with one attached hydrogen (secondary N) is 1. The van der Waals surface area contributed by atoms with Crippen LogP contribution in [-0.2, 0) is 6.67 Å². The predicted octanol–water partition coefficient (Wildman–Crippen LogP) is 4.72. The van der Waals surface area contributed by atoms with Crippen molar-refractivity contribution in [3.63, 3.8) is 0 Å². The molecule has 2 aromatic carbocycles. The number of nitro benzene ring substituents is 1. The second-order valence-electron chi connectivity index (χ2n) is 4.91. The quantitative estimate of drug-likeness (QED) is 0.427. The van der Waals surface area contributed by atoms with Gasteiger partial charge in [0.1, 0.15) is 0 Å². The van der Waals surface area contributed by atoms with Crippen molar-refractivity contribution in [2.75, 3.05) is 5.32 Å². The number of fused-ring (bicyclic) bond motifs is 1. The zero-order chi connectivity index (χ0) is 15.7. The fraction of sp³-hybridized carbons (Fsp3) is 0.133. The number of nitrogens with zero attached hydrogens (tertiary/aromatic N) is 2. The highest BCUT2D eigenvalue weighted by Crippen LogP contribution is 2.27. The third-order valence-corrected chi connectivity index (χ3v) is 4.77. The van der Waals surface area contributed by atoms with Crippen molar-refractivity contribution in [3.8, 4) is 0 Å². The second kappa shape index (κ2) is 5.86. The molecule has 0 unspecified atom stereocenters. The van der Waals surface area contributed by atoms with E-state index in [4.69, 9.17) is 12.2 Å². The van der Waals surface area contributed by atoms with Gasteiger partial charge in [-0.05, 0) is 37.3 Å². The van der Waals surface area contributed by atoms with Gasteiger partial charge in [-0.3, -0.25) is 10.1 Å². The Morgan fingerprint density at radius 3 is 2.68 bits per heavy atom. The van der Waals surface area contributed by atoms with Crippen LogP contribution in [0.4, 0.5) is 11.4 Å². The number of aromatic nitrogens is 1. The van der Waals surface area contributed by atoms with Crippen molar-refractivity contribution in [1.29, 1.82) is 0 Å². The third kappa shape index (κ3) is 2.86. The van der Waals surface area contributed by atoms with Crippen molar-refractivity contribution in [1.82, 2.24) is 4.57 Å². The van der Waals surface area contributed by atoms with E-state index >= 15 is 0 Å². The lowest BCUT2D eigenvalue weighted by Crippen LogP contribution is -2.07. The molecule has 5 nitrogen and oxygen atoms in total. The minimum Gasteiger partial charge on any atom is -0.367 e. The van der Waals surface area contributed by atoms with Crippen molar-refractivity contribution in [2.24, 2.45) is 0 Å². The largest absolute Gasteiger partial charge is 0.367 e. The summed E-state index contributed by atoms with van der Waals surface area (Å²) in [6.45, 7) is 2.57.